The Morgan fingerprint density at radius 2 is 0.535 bits per heavy atom. The molecular formula is C79H59N7. The van der Waals surface area contributed by atoms with Gasteiger partial charge in [-0.05, 0) is 159 Å². The van der Waals surface area contributed by atoms with Gasteiger partial charge in [-0.15, -0.1) is 0 Å². The highest BCUT2D eigenvalue weighted by molar-refractivity contribution is 6.17. The van der Waals surface area contributed by atoms with Gasteiger partial charge in [-0.1, -0.05) is 154 Å². The third-order valence-corrected chi connectivity index (χ3v) is 17.8. The Morgan fingerprint density at radius 1 is 0.279 bits per heavy atom. The van der Waals surface area contributed by atoms with E-state index in [-0.39, 0.29) is 0 Å². The minimum absolute atomic E-state index is 0.468. The molecule has 0 aliphatic carbocycles. The van der Waals surface area contributed by atoms with Crippen molar-refractivity contribution in [2.24, 2.45) is 0 Å². The predicted molar refractivity (Wildman–Crippen MR) is 358 cm³/mol. The Hall–Kier alpha value is -10.8. The highest BCUT2D eigenvalue weighted by atomic mass is 15.1. The van der Waals surface area contributed by atoms with Crippen molar-refractivity contribution >= 4 is 87.2 Å². The van der Waals surface area contributed by atoms with Crippen molar-refractivity contribution in [3.05, 3.63) is 262 Å². The van der Waals surface area contributed by atoms with E-state index in [9.17, 15) is 5.26 Å². The first-order valence-electron chi connectivity index (χ1n) is 29.6. The molecule has 0 spiro atoms. The van der Waals surface area contributed by atoms with Gasteiger partial charge in [0.2, 0.25) is 0 Å². The summed E-state index contributed by atoms with van der Waals surface area (Å²) in [5.41, 5.74) is 24.8. The van der Waals surface area contributed by atoms with Crippen LogP contribution in [0.25, 0.3) is 144 Å². The lowest BCUT2D eigenvalue weighted by atomic mass is 9.96. The standard InChI is InChI=1S/C79H59N7/c1-45-19-27-66-55(35-45)56-36-46(2)20-28-67(56)83(66)75-63(44-80)76(84-68-29-21-47(3)37-57(68)58-38-48(4)22-30-69(58)84)78(86-72-33-25-51(7)41-61(72)62-42-52(8)26-34-73(62)86)77(85-70-31-23-49(5)39-59(70)60-40-50(6)24-32-71(60)85)74(75)79-81-64(53-15-11-9-12-16-53)43-65(82-79)54-17-13-10-14-18-54/h9-43H,1-8H3. The Kier molecular flexibility index (Phi) is 11.3. The first-order chi connectivity index (χ1) is 41.9. The van der Waals surface area contributed by atoms with E-state index in [1.54, 1.807) is 0 Å². The molecule has 0 unspecified atom stereocenters. The maximum absolute atomic E-state index is 13.2. The van der Waals surface area contributed by atoms with Crippen LogP contribution in [0.4, 0.5) is 0 Å². The summed E-state index contributed by atoms with van der Waals surface area (Å²) in [7, 11) is 0. The number of aromatic nitrogens is 6. The highest BCUT2D eigenvalue weighted by Crippen LogP contribution is 2.52. The van der Waals surface area contributed by atoms with Gasteiger partial charge in [0.25, 0.3) is 0 Å². The first kappa shape index (κ1) is 50.9. The molecule has 0 aliphatic heterocycles. The fraction of sp³-hybridized carbons (Fsp3) is 0.101. The second-order valence-corrected chi connectivity index (χ2v) is 24.0. The van der Waals surface area contributed by atoms with Crippen LogP contribution in [0.15, 0.2) is 212 Å². The largest absolute Gasteiger partial charge is 0.307 e. The molecule has 0 aliphatic rings. The van der Waals surface area contributed by atoms with Crippen molar-refractivity contribution in [2.75, 3.05) is 0 Å². The summed E-state index contributed by atoms with van der Waals surface area (Å²) in [5.74, 6) is 0.476. The minimum Gasteiger partial charge on any atom is -0.307 e. The van der Waals surface area contributed by atoms with Crippen molar-refractivity contribution in [1.82, 2.24) is 28.2 Å². The van der Waals surface area contributed by atoms with Crippen LogP contribution in [0.2, 0.25) is 0 Å². The zero-order chi connectivity index (χ0) is 58.4. The summed E-state index contributed by atoms with van der Waals surface area (Å²) in [5, 5.41) is 22.1. The molecule has 410 valence electrons. The van der Waals surface area contributed by atoms with Crippen LogP contribution in [-0.2, 0) is 0 Å². The van der Waals surface area contributed by atoms with Gasteiger partial charge in [0.1, 0.15) is 11.6 Å². The number of rotatable bonds is 7. The number of hydrogen-bond donors (Lipinski definition) is 0. The molecule has 0 saturated carbocycles. The Bertz CT molecular complexity index is 5330. The number of aryl methyl sites for hydroxylation is 8. The lowest BCUT2D eigenvalue weighted by Gasteiger charge is -2.29. The van der Waals surface area contributed by atoms with E-state index in [4.69, 9.17) is 9.97 Å². The third kappa shape index (κ3) is 7.66. The number of hydrogen-bond acceptors (Lipinski definition) is 3. The Labute approximate surface area is 498 Å². The number of benzene rings is 11. The van der Waals surface area contributed by atoms with Crippen LogP contribution < -0.4 is 0 Å². The molecule has 0 fully saturated rings. The fourth-order valence-electron chi connectivity index (χ4n) is 13.9. The van der Waals surface area contributed by atoms with Gasteiger partial charge in [0, 0.05) is 54.2 Å². The van der Waals surface area contributed by atoms with Crippen molar-refractivity contribution in [1.29, 1.82) is 5.26 Å². The van der Waals surface area contributed by atoms with Crippen molar-refractivity contribution < 1.29 is 0 Å². The van der Waals surface area contributed by atoms with E-state index >= 15 is 0 Å². The average molecular weight is 1110 g/mol. The highest BCUT2D eigenvalue weighted by Gasteiger charge is 2.36. The molecule has 0 saturated heterocycles. The van der Waals surface area contributed by atoms with E-state index in [1.807, 2.05) is 12.1 Å². The van der Waals surface area contributed by atoms with Gasteiger partial charge in [-0.2, -0.15) is 5.26 Å². The molecule has 0 N–H and O–H groups in total. The van der Waals surface area contributed by atoms with E-state index in [1.165, 1.54) is 0 Å². The molecule has 0 bridgehead atoms. The molecule has 0 atom stereocenters. The average Bonchev–Trinajstić information content (AvgIpc) is 1.43. The molecule has 86 heavy (non-hydrogen) atoms. The number of fused-ring (bicyclic) bond motifs is 12. The molecule has 16 rings (SSSR count). The number of nitrogens with zero attached hydrogens (tertiary/aromatic N) is 7. The summed E-state index contributed by atoms with van der Waals surface area (Å²) in [6, 6.07) is 80.5. The van der Waals surface area contributed by atoms with Crippen LogP contribution in [0.3, 0.4) is 0 Å². The van der Waals surface area contributed by atoms with Crippen LogP contribution in [0.1, 0.15) is 50.1 Å². The summed E-state index contributed by atoms with van der Waals surface area (Å²) in [6.45, 7) is 17.4. The number of nitriles is 1. The summed E-state index contributed by atoms with van der Waals surface area (Å²) in [4.78, 5) is 11.8. The second kappa shape index (κ2) is 19.1. The first-order valence-corrected chi connectivity index (χ1v) is 29.6. The zero-order valence-electron chi connectivity index (χ0n) is 49.3. The predicted octanol–water partition coefficient (Wildman–Crippen LogP) is 20.2. The molecule has 7 nitrogen and oxygen atoms in total. The third-order valence-electron chi connectivity index (χ3n) is 17.8. The van der Waals surface area contributed by atoms with Gasteiger partial charge in [-0.3, -0.25) is 0 Å². The molecule has 0 amide bonds. The lowest BCUT2D eigenvalue weighted by Crippen LogP contribution is -2.17. The van der Waals surface area contributed by atoms with Crippen molar-refractivity contribution in [2.45, 2.75) is 55.4 Å². The molecular weight excluding hydrogens is 1050 g/mol. The van der Waals surface area contributed by atoms with Crippen LogP contribution in [-0.4, -0.2) is 28.2 Å². The molecule has 5 heterocycles. The molecule has 16 aromatic rings. The van der Waals surface area contributed by atoms with Crippen molar-refractivity contribution in [3.8, 4) is 62.7 Å². The fourth-order valence-corrected chi connectivity index (χ4v) is 13.9. The monoisotopic (exact) mass is 1110 g/mol. The van der Waals surface area contributed by atoms with Gasteiger partial charge < -0.3 is 18.3 Å². The van der Waals surface area contributed by atoms with E-state index in [0.29, 0.717) is 22.6 Å². The van der Waals surface area contributed by atoms with Crippen LogP contribution in [0, 0.1) is 66.7 Å². The Balaban J connectivity index is 1.28. The van der Waals surface area contributed by atoms with Crippen molar-refractivity contribution in [3.63, 3.8) is 0 Å². The zero-order valence-corrected chi connectivity index (χ0v) is 49.3. The minimum atomic E-state index is 0.468. The maximum Gasteiger partial charge on any atom is 0.164 e. The quantitative estimate of drug-likeness (QED) is 0.160. The van der Waals surface area contributed by atoms with E-state index in [0.717, 1.165) is 171 Å². The van der Waals surface area contributed by atoms with Crippen LogP contribution >= 0.6 is 0 Å². The summed E-state index contributed by atoms with van der Waals surface area (Å²) in [6.07, 6.45) is 0. The molecule has 7 heteroatoms. The summed E-state index contributed by atoms with van der Waals surface area (Å²) < 4.78 is 9.75. The topological polar surface area (TPSA) is 69.3 Å². The summed E-state index contributed by atoms with van der Waals surface area (Å²) >= 11 is 0. The van der Waals surface area contributed by atoms with Gasteiger partial charge in [0.05, 0.1) is 83.8 Å². The Morgan fingerprint density at radius 3 is 0.814 bits per heavy atom. The van der Waals surface area contributed by atoms with Crippen LogP contribution in [0.5, 0.6) is 0 Å². The van der Waals surface area contributed by atoms with Gasteiger partial charge >= 0.3 is 0 Å². The normalized spacial score (nSPS) is 11.9. The van der Waals surface area contributed by atoms with Gasteiger partial charge in [0.15, 0.2) is 5.82 Å². The smallest absolute Gasteiger partial charge is 0.164 e. The van der Waals surface area contributed by atoms with E-state index < -0.39 is 0 Å². The SMILES string of the molecule is Cc1ccc2c(c1)c1cc(C)ccc1n2-c1c(C#N)c(-n2c3ccc(C)cc3c3cc(C)ccc32)c(-n2c3ccc(C)cc3c3cc(C)ccc32)c(-n2c3ccc(C)cc3c3cc(C)ccc32)c1-c1nc(-c2ccccc2)cc(-c2ccccc2)n1. The van der Waals surface area contributed by atoms with E-state index in [2.05, 4.69) is 280 Å². The molecule has 11 aromatic carbocycles. The molecule has 5 aromatic heterocycles. The second-order valence-electron chi connectivity index (χ2n) is 24.0. The lowest BCUT2D eigenvalue weighted by molar-refractivity contribution is 1.02. The maximum atomic E-state index is 13.2. The van der Waals surface area contributed by atoms with Gasteiger partial charge in [-0.25, -0.2) is 9.97 Å². The molecule has 0 radical (unpaired) electrons.